The van der Waals surface area contributed by atoms with Crippen molar-refractivity contribution in [3.63, 3.8) is 0 Å². The summed E-state index contributed by atoms with van der Waals surface area (Å²) >= 11 is 0. The monoisotopic (exact) mass is 337 g/mol. The van der Waals surface area contributed by atoms with Crippen molar-refractivity contribution in [2.75, 3.05) is 25.5 Å². The maximum atomic E-state index is 12.5. The van der Waals surface area contributed by atoms with Crippen molar-refractivity contribution < 1.29 is 9.53 Å². The van der Waals surface area contributed by atoms with E-state index in [1.165, 1.54) is 0 Å². The number of aromatic nitrogens is 3. The first-order valence-corrected chi connectivity index (χ1v) is 7.89. The minimum atomic E-state index is -0.155. The second kappa shape index (κ2) is 7.96. The number of hydrogen-bond donors (Lipinski definition) is 3. The van der Waals surface area contributed by atoms with Crippen LogP contribution in [0.3, 0.4) is 0 Å². The molecule has 0 bridgehead atoms. The van der Waals surface area contributed by atoms with Gasteiger partial charge in [-0.2, -0.15) is 0 Å². The van der Waals surface area contributed by atoms with Crippen LogP contribution < -0.4 is 15.4 Å². The van der Waals surface area contributed by atoms with E-state index in [1.807, 2.05) is 24.3 Å². The summed E-state index contributed by atoms with van der Waals surface area (Å²) in [7, 11) is 1.61. The van der Waals surface area contributed by atoms with E-state index < -0.39 is 0 Å². The Balaban J connectivity index is 1.63. The predicted molar refractivity (Wildman–Crippen MR) is 95.6 cm³/mol. The van der Waals surface area contributed by atoms with Crippen molar-refractivity contribution in [3.8, 4) is 16.9 Å². The molecule has 2 aromatic heterocycles. The molecule has 0 saturated carbocycles. The summed E-state index contributed by atoms with van der Waals surface area (Å²) in [5.74, 6) is 1.10. The van der Waals surface area contributed by atoms with Gasteiger partial charge in [0, 0.05) is 49.0 Å². The van der Waals surface area contributed by atoms with Crippen LogP contribution in [0.1, 0.15) is 10.4 Å². The molecule has 0 fully saturated rings. The predicted octanol–water partition coefficient (Wildman–Crippen LogP) is 2.32. The fourth-order valence-electron chi connectivity index (χ4n) is 2.48. The Hall–Kier alpha value is -3.35. The highest BCUT2D eigenvalue weighted by Gasteiger charge is 2.16. The van der Waals surface area contributed by atoms with Gasteiger partial charge >= 0.3 is 0 Å². The number of H-pyrrole nitrogens is 1. The standard InChI is InChI=1S/C18H19N5O2/c1-25-16-6-3-2-5-13(16)14-11-19-12-15(14)17(24)20-9-10-23-18-21-7-4-8-22-18/h2-8,11-12,19H,9-10H2,1H3,(H,20,24)(H,21,22,23). The Morgan fingerprint density at radius 3 is 2.68 bits per heavy atom. The highest BCUT2D eigenvalue weighted by Crippen LogP contribution is 2.31. The van der Waals surface area contributed by atoms with Gasteiger partial charge in [-0.25, -0.2) is 9.97 Å². The molecule has 2 heterocycles. The lowest BCUT2D eigenvalue weighted by Crippen LogP contribution is -2.29. The van der Waals surface area contributed by atoms with E-state index in [0.717, 1.165) is 16.9 Å². The number of methoxy groups -OCH3 is 1. The van der Waals surface area contributed by atoms with Crippen LogP contribution in [0.4, 0.5) is 5.95 Å². The minimum Gasteiger partial charge on any atom is -0.496 e. The molecule has 0 atom stereocenters. The van der Waals surface area contributed by atoms with Gasteiger partial charge < -0.3 is 20.4 Å². The number of anilines is 1. The minimum absolute atomic E-state index is 0.155. The Labute approximate surface area is 145 Å². The summed E-state index contributed by atoms with van der Waals surface area (Å²) in [5.41, 5.74) is 2.24. The number of amides is 1. The largest absolute Gasteiger partial charge is 0.496 e. The summed E-state index contributed by atoms with van der Waals surface area (Å²) < 4.78 is 5.38. The van der Waals surface area contributed by atoms with E-state index in [1.54, 1.807) is 38.0 Å². The van der Waals surface area contributed by atoms with Crippen molar-refractivity contribution in [1.82, 2.24) is 20.3 Å². The zero-order valence-corrected chi connectivity index (χ0v) is 13.8. The fraction of sp³-hybridized carbons (Fsp3) is 0.167. The van der Waals surface area contributed by atoms with Gasteiger partial charge in [-0.1, -0.05) is 18.2 Å². The number of aromatic amines is 1. The smallest absolute Gasteiger partial charge is 0.253 e. The van der Waals surface area contributed by atoms with Crippen LogP contribution in [0.25, 0.3) is 11.1 Å². The molecule has 0 radical (unpaired) electrons. The van der Waals surface area contributed by atoms with Crippen molar-refractivity contribution in [3.05, 3.63) is 60.7 Å². The number of nitrogens with zero attached hydrogens (tertiary/aromatic N) is 2. The van der Waals surface area contributed by atoms with E-state index in [0.29, 0.717) is 24.6 Å². The molecule has 7 heteroatoms. The van der Waals surface area contributed by atoms with Gasteiger partial charge in [-0.05, 0) is 12.1 Å². The Morgan fingerprint density at radius 2 is 1.88 bits per heavy atom. The maximum absolute atomic E-state index is 12.5. The van der Waals surface area contributed by atoms with Crippen molar-refractivity contribution >= 4 is 11.9 Å². The number of carbonyl (C=O) groups excluding carboxylic acids is 1. The summed E-state index contributed by atoms with van der Waals surface area (Å²) in [4.78, 5) is 23.6. The van der Waals surface area contributed by atoms with E-state index in [4.69, 9.17) is 4.74 Å². The third-order valence-corrected chi connectivity index (χ3v) is 3.65. The van der Waals surface area contributed by atoms with Gasteiger partial charge in [0.15, 0.2) is 0 Å². The van der Waals surface area contributed by atoms with Gasteiger partial charge in [0.1, 0.15) is 5.75 Å². The molecule has 0 aliphatic carbocycles. The molecule has 7 nitrogen and oxygen atoms in total. The molecule has 3 N–H and O–H groups in total. The molecule has 128 valence electrons. The molecule has 0 aliphatic heterocycles. The quantitative estimate of drug-likeness (QED) is 0.576. The van der Waals surface area contributed by atoms with E-state index in [-0.39, 0.29) is 5.91 Å². The lowest BCUT2D eigenvalue weighted by molar-refractivity contribution is 0.0956. The lowest BCUT2D eigenvalue weighted by atomic mass is 10.0. The number of carbonyl (C=O) groups is 1. The average molecular weight is 337 g/mol. The molecule has 0 spiro atoms. The third kappa shape index (κ3) is 3.95. The summed E-state index contributed by atoms with van der Waals surface area (Å²) in [6, 6.07) is 9.35. The molecule has 0 saturated heterocycles. The van der Waals surface area contributed by atoms with Gasteiger partial charge in [-0.15, -0.1) is 0 Å². The third-order valence-electron chi connectivity index (χ3n) is 3.65. The number of nitrogens with one attached hydrogen (secondary N) is 3. The van der Waals surface area contributed by atoms with Gasteiger partial charge in [0.25, 0.3) is 5.91 Å². The summed E-state index contributed by atoms with van der Waals surface area (Å²) in [5, 5.41) is 5.93. The molecule has 0 aliphatic rings. The van der Waals surface area contributed by atoms with Crippen LogP contribution in [0.5, 0.6) is 5.75 Å². The molecule has 25 heavy (non-hydrogen) atoms. The number of benzene rings is 1. The lowest BCUT2D eigenvalue weighted by Gasteiger charge is -2.10. The second-order valence-electron chi connectivity index (χ2n) is 5.24. The zero-order valence-electron chi connectivity index (χ0n) is 13.8. The Bertz CT molecular complexity index is 832. The van der Waals surface area contributed by atoms with Gasteiger partial charge in [0.05, 0.1) is 12.7 Å². The average Bonchev–Trinajstić information content (AvgIpc) is 3.15. The topological polar surface area (TPSA) is 91.9 Å². The zero-order chi connectivity index (χ0) is 17.5. The number of hydrogen-bond acceptors (Lipinski definition) is 5. The Kier molecular flexibility index (Phi) is 5.26. The molecule has 3 rings (SSSR count). The fourth-order valence-corrected chi connectivity index (χ4v) is 2.48. The summed E-state index contributed by atoms with van der Waals surface area (Å²) in [6.07, 6.45) is 6.80. The normalized spacial score (nSPS) is 10.3. The van der Waals surface area contributed by atoms with Crippen LogP contribution in [0.15, 0.2) is 55.1 Å². The Morgan fingerprint density at radius 1 is 1.08 bits per heavy atom. The van der Waals surface area contributed by atoms with Crippen molar-refractivity contribution in [1.29, 1.82) is 0 Å². The van der Waals surface area contributed by atoms with E-state index in [9.17, 15) is 4.79 Å². The van der Waals surface area contributed by atoms with Crippen molar-refractivity contribution in [2.45, 2.75) is 0 Å². The van der Waals surface area contributed by atoms with Crippen LogP contribution in [-0.2, 0) is 0 Å². The summed E-state index contributed by atoms with van der Waals surface area (Å²) in [6.45, 7) is 0.984. The van der Waals surface area contributed by atoms with E-state index in [2.05, 4.69) is 25.6 Å². The van der Waals surface area contributed by atoms with Crippen LogP contribution >= 0.6 is 0 Å². The highest BCUT2D eigenvalue weighted by molar-refractivity contribution is 6.01. The van der Waals surface area contributed by atoms with Crippen molar-refractivity contribution in [2.24, 2.45) is 0 Å². The SMILES string of the molecule is COc1ccccc1-c1c[nH]cc1C(=O)NCCNc1ncccn1. The molecule has 1 amide bonds. The molecular formula is C18H19N5O2. The number of para-hydroxylation sites is 1. The van der Waals surface area contributed by atoms with E-state index >= 15 is 0 Å². The first kappa shape index (κ1) is 16.5. The first-order valence-electron chi connectivity index (χ1n) is 7.89. The first-order chi connectivity index (χ1) is 12.3. The van der Waals surface area contributed by atoms with Crippen LogP contribution in [-0.4, -0.2) is 41.1 Å². The van der Waals surface area contributed by atoms with Crippen LogP contribution in [0.2, 0.25) is 0 Å². The number of ether oxygens (including phenoxy) is 1. The highest BCUT2D eigenvalue weighted by atomic mass is 16.5. The molecular weight excluding hydrogens is 318 g/mol. The van der Waals surface area contributed by atoms with Crippen LogP contribution in [0, 0.1) is 0 Å². The van der Waals surface area contributed by atoms with Gasteiger partial charge in [-0.3, -0.25) is 4.79 Å². The van der Waals surface area contributed by atoms with Gasteiger partial charge in [0.2, 0.25) is 5.95 Å². The molecule has 1 aromatic carbocycles. The molecule has 0 unspecified atom stereocenters. The molecule has 3 aromatic rings. The maximum Gasteiger partial charge on any atom is 0.253 e. The second-order valence-corrected chi connectivity index (χ2v) is 5.24. The number of rotatable bonds is 7.